The van der Waals surface area contributed by atoms with Gasteiger partial charge in [0.2, 0.25) is 11.8 Å². The van der Waals surface area contributed by atoms with Crippen LogP contribution in [0, 0.1) is 17.6 Å². The molecule has 2 fully saturated rings. The highest BCUT2D eigenvalue weighted by Gasteiger charge is 2.44. The Hall–Kier alpha value is -1.98. The molecule has 0 bridgehead atoms. The average molecular weight is 280 g/mol. The molecule has 1 unspecified atom stereocenters. The number of carbonyl (C=O) groups is 2. The van der Waals surface area contributed by atoms with Crippen molar-refractivity contribution >= 4 is 11.8 Å². The third-order valence-corrected chi connectivity index (χ3v) is 3.68. The van der Waals surface area contributed by atoms with Crippen molar-refractivity contribution in [1.29, 1.82) is 0 Å². The molecule has 1 aromatic rings. The smallest absolute Gasteiger partial charge is 0.243 e. The Morgan fingerprint density at radius 2 is 1.80 bits per heavy atom. The number of carbonyl (C=O) groups excluding carboxylic acids is 2. The molecule has 3 rings (SSSR count). The van der Waals surface area contributed by atoms with Crippen LogP contribution in [0.2, 0.25) is 0 Å². The van der Waals surface area contributed by atoms with Crippen LogP contribution in [-0.4, -0.2) is 29.3 Å². The highest BCUT2D eigenvalue weighted by Crippen LogP contribution is 2.37. The van der Waals surface area contributed by atoms with Gasteiger partial charge < -0.3 is 10.2 Å². The predicted octanol–water partition coefficient (Wildman–Crippen LogP) is 1.20. The van der Waals surface area contributed by atoms with E-state index >= 15 is 0 Å². The van der Waals surface area contributed by atoms with Crippen molar-refractivity contribution in [2.45, 2.75) is 25.4 Å². The summed E-state index contributed by atoms with van der Waals surface area (Å²) in [5.41, 5.74) is 0.358. The van der Waals surface area contributed by atoms with Crippen LogP contribution in [0.25, 0.3) is 0 Å². The number of amides is 2. The number of benzene rings is 1. The Labute approximate surface area is 114 Å². The van der Waals surface area contributed by atoms with E-state index in [1.165, 1.54) is 17.0 Å². The monoisotopic (exact) mass is 280 g/mol. The van der Waals surface area contributed by atoms with Gasteiger partial charge in [0, 0.05) is 12.6 Å². The van der Waals surface area contributed by atoms with Gasteiger partial charge in [-0.2, -0.15) is 0 Å². The number of rotatable bonds is 3. The average Bonchev–Trinajstić information content (AvgIpc) is 3.17. The van der Waals surface area contributed by atoms with E-state index in [9.17, 15) is 18.4 Å². The minimum absolute atomic E-state index is 0.0557. The third kappa shape index (κ3) is 2.50. The highest BCUT2D eigenvalue weighted by atomic mass is 19.1. The summed E-state index contributed by atoms with van der Waals surface area (Å²) in [7, 11) is 0. The van der Waals surface area contributed by atoms with E-state index in [0.29, 0.717) is 5.56 Å². The Bertz CT molecular complexity index is 552. The summed E-state index contributed by atoms with van der Waals surface area (Å²) in [6.45, 7) is 0.00194. The standard InChI is InChI=1S/C14H14F2N2O2/c15-10-3-8(4-11(16)5-10)7-18-12(19)6-17-14(20)13(18)9-1-2-9/h3-5,9,13H,1-2,6-7H2,(H,17,20). The van der Waals surface area contributed by atoms with Crippen LogP contribution in [0.4, 0.5) is 8.78 Å². The first kappa shape index (κ1) is 13.0. The lowest BCUT2D eigenvalue weighted by atomic mass is 10.1. The first-order valence-corrected chi connectivity index (χ1v) is 6.57. The van der Waals surface area contributed by atoms with Gasteiger partial charge in [0.15, 0.2) is 0 Å². The van der Waals surface area contributed by atoms with Gasteiger partial charge in [-0.3, -0.25) is 9.59 Å². The van der Waals surface area contributed by atoms with Gasteiger partial charge in [0.25, 0.3) is 0 Å². The number of nitrogens with zero attached hydrogens (tertiary/aromatic N) is 1. The van der Waals surface area contributed by atoms with Crippen LogP contribution in [-0.2, 0) is 16.1 Å². The first-order valence-electron chi connectivity index (χ1n) is 6.57. The van der Waals surface area contributed by atoms with Crippen molar-refractivity contribution in [2.75, 3.05) is 6.54 Å². The second-order valence-electron chi connectivity index (χ2n) is 5.30. The minimum atomic E-state index is -0.683. The Kier molecular flexibility index (Phi) is 3.16. The molecule has 4 nitrogen and oxygen atoms in total. The van der Waals surface area contributed by atoms with E-state index < -0.39 is 17.7 Å². The maximum atomic E-state index is 13.2. The third-order valence-electron chi connectivity index (χ3n) is 3.68. The SMILES string of the molecule is O=C1NCC(=O)N(Cc2cc(F)cc(F)c2)C1C1CC1. The largest absolute Gasteiger partial charge is 0.345 e. The van der Waals surface area contributed by atoms with Crippen molar-refractivity contribution in [2.24, 2.45) is 5.92 Å². The number of hydrogen-bond acceptors (Lipinski definition) is 2. The van der Waals surface area contributed by atoms with E-state index in [-0.39, 0.29) is 30.8 Å². The van der Waals surface area contributed by atoms with Crippen molar-refractivity contribution in [1.82, 2.24) is 10.2 Å². The molecule has 0 spiro atoms. The van der Waals surface area contributed by atoms with Crippen LogP contribution in [0.15, 0.2) is 18.2 Å². The lowest BCUT2D eigenvalue weighted by Gasteiger charge is -2.35. The summed E-state index contributed by atoms with van der Waals surface area (Å²) in [6, 6.07) is 2.65. The molecule has 0 aromatic heterocycles. The van der Waals surface area contributed by atoms with Crippen LogP contribution in [0.3, 0.4) is 0 Å². The maximum Gasteiger partial charge on any atom is 0.243 e. The quantitative estimate of drug-likeness (QED) is 0.904. The predicted molar refractivity (Wildman–Crippen MR) is 66.4 cm³/mol. The van der Waals surface area contributed by atoms with E-state index in [1.807, 2.05) is 0 Å². The molecule has 1 aliphatic heterocycles. The second kappa shape index (κ2) is 4.85. The molecule has 1 aliphatic carbocycles. The second-order valence-corrected chi connectivity index (χ2v) is 5.30. The minimum Gasteiger partial charge on any atom is -0.345 e. The molecule has 1 saturated carbocycles. The zero-order valence-electron chi connectivity index (χ0n) is 10.7. The van der Waals surface area contributed by atoms with Gasteiger partial charge in [0.05, 0.1) is 6.54 Å². The van der Waals surface area contributed by atoms with Crippen LogP contribution < -0.4 is 5.32 Å². The molecule has 20 heavy (non-hydrogen) atoms. The molecule has 1 heterocycles. The fraction of sp³-hybridized carbons (Fsp3) is 0.429. The summed E-state index contributed by atoms with van der Waals surface area (Å²) in [6.07, 6.45) is 1.80. The molecule has 1 atom stereocenters. The molecule has 1 aromatic carbocycles. The molecule has 106 valence electrons. The van der Waals surface area contributed by atoms with E-state index in [4.69, 9.17) is 0 Å². The lowest BCUT2D eigenvalue weighted by molar-refractivity contribution is -0.147. The number of hydrogen-bond donors (Lipinski definition) is 1. The van der Waals surface area contributed by atoms with Gasteiger partial charge in [-0.25, -0.2) is 8.78 Å². The van der Waals surface area contributed by atoms with Crippen molar-refractivity contribution in [3.63, 3.8) is 0 Å². The Balaban J connectivity index is 1.85. The van der Waals surface area contributed by atoms with Gasteiger partial charge >= 0.3 is 0 Å². The molecule has 2 aliphatic rings. The van der Waals surface area contributed by atoms with E-state index in [2.05, 4.69) is 5.32 Å². The molecule has 2 amide bonds. The van der Waals surface area contributed by atoms with E-state index in [1.54, 1.807) is 0 Å². The molecular weight excluding hydrogens is 266 g/mol. The molecule has 6 heteroatoms. The fourth-order valence-electron chi connectivity index (χ4n) is 2.63. The zero-order valence-corrected chi connectivity index (χ0v) is 10.7. The normalized spacial score (nSPS) is 22.9. The van der Waals surface area contributed by atoms with Gasteiger partial charge in [-0.15, -0.1) is 0 Å². The Morgan fingerprint density at radius 3 is 2.40 bits per heavy atom. The zero-order chi connectivity index (χ0) is 14.3. The molecule has 1 saturated heterocycles. The maximum absolute atomic E-state index is 13.2. The first-order chi connectivity index (χ1) is 9.54. The molecule has 0 radical (unpaired) electrons. The van der Waals surface area contributed by atoms with Crippen LogP contribution in [0.1, 0.15) is 18.4 Å². The Morgan fingerprint density at radius 1 is 1.15 bits per heavy atom. The van der Waals surface area contributed by atoms with Crippen molar-refractivity contribution in [3.8, 4) is 0 Å². The van der Waals surface area contributed by atoms with E-state index in [0.717, 1.165) is 18.9 Å². The topological polar surface area (TPSA) is 49.4 Å². The lowest BCUT2D eigenvalue weighted by Crippen LogP contribution is -2.58. The number of nitrogens with one attached hydrogen (secondary N) is 1. The van der Waals surface area contributed by atoms with Crippen molar-refractivity contribution in [3.05, 3.63) is 35.4 Å². The fourth-order valence-corrected chi connectivity index (χ4v) is 2.63. The number of piperazine rings is 1. The highest BCUT2D eigenvalue weighted by molar-refractivity contribution is 5.95. The van der Waals surface area contributed by atoms with Gasteiger partial charge in [-0.1, -0.05) is 0 Å². The summed E-state index contributed by atoms with van der Waals surface area (Å²) in [4.78, 5) is 25.3. The van der Waals surface area contributed by atoms with Crippen LogP contribution >= 0.6 is 0 Å². The summed E-state index contributed by atoms with van der Waals surface area (Å²) in [5.74, 6) is -1.60. The van der Waals surface area contributed by atoms with Gasteiger partial charge in [0.1, 0.15) is 17.7 Å². The summed E-state index contributed by atoms with van der Waals surface area (Å²) >= 11 is 0. The van der Waals surface area contributed by atoms with Gasteiger partial charge in [-0.05, 0) is 36.5 Å². The molecule has 1 N–H and O–H groups in total. The molecular formula is C14H14F2N2O2. The van der Waals surface area contributed by atoms with Crippen LogP contribution in [0.5, 0.6) is 0 Å². The summed E-state index contributed by atoms with van der Waals surface area (Å²) < 4.78 is 26.4. The summed E-state index contributed by atoms with van der Waals surface area (Å²) in [5, 5.41) is 2.56. The number of halogens is 2. The van der Waals surface area contributed by atoms with Crippen molar-refractivity contribution < 1.29 is 18.4 Å².